The predicted octanol–water partition coefficient (Wildman–Crippen LogP) is 1.24. The third kappa shape index (κ3) is 3.17. The van der Waals surface area contributed by atoms with Gasteiger partial charge in [0.1, 0.15) is 13.2 Å². The molecule has 1 aliphatic heterocycles. The number of amides is 1. The molecule has 1 aromatic heterocycles. The summed E-state index contributed by atoms with van der Waals surface area (Å²) >= 11 is 0. The molecule has 22 heavy (non-hydrogen) atoms. The summed E-state index contributed by atoms with van der Waals surface area (Å²) in [5.41, 5.74) is 7.71. The van der Waals surface area contributed by atoms with Crippen LogP contribution in [0.4, 0.5) is 0 Å². The van der Waals surface area contributed by atoms with Crippen LogP contribution in [-0.4, -0.2) is 24.1 Å². The zero-order chi connectivity index (χ0) is 15.4. The molecule has 0 atom stereocenters. The van der Waals surface area contributed by atoms with Crippen molar-refractivity contribution in [2.75, 3.05) is 13.2 Å². The Balaban J connectivity index is 1.65. The molecule has 6 heteroatoms. The number of benzene rings is 1. The predicted molar refractivity (Wildman–Crippen MR) is 80.7 cm³/mol. The van der Waals surface area contributed by atoms with Crippen molar-refractivity contribution in [3.63, 3.8) is 0 Å². The lowest BCUT2D eigenvalue weighted by Crippen LogP contribution is -2.23. The van der Waals surface area contributed by atoms with Gasteiger partial charge in [-0.15, -0.1) is 0 Å². The Morgan fingerprint density at radius 1 is 1.18 bits per heavy atom. The first-order valence-corrected chi connectivity index (χ1v) is 7.08. The van der Waals surface area contributed by atoms with Crippen LogP contribution in [0.1, 0.15) is 21.6 Å². The number of carbonyl (C=O) groups is 1. The van der Waals surface area contributed by atoms with E-state index in [1.54, 1.807) is 18.3 Å². The number of nitrogens with one attached hydrogen (secondary N) is 1. The van der Waals surface area contributed by atoms with Crippen molar-refractivity contribution in [3.05, 3.63) is 53.3 Å². The third-order valence-electron chi connectivity index (χ3n) is 3.35. The van der Waals surface area contributed by atoms with Crippen molar-refractivity contribution < 1.29 is 14.3 Å². The van der Waals surface area contributed by atoms with Gasteiger partial charge in [0.05, 0.1) is 5.69 Å². The Morgan fingerprint density at radius 3 is 2.82 bits per heavy atom. The summed E-state index contributed by atoms with van der Waals surface area (Å²) in [6.07, 6.45) is 1.58. The van der Waals surface area contributed by atoms with Crippen molar-refractivity contribution in [1.29, 1.82) is 0 Å². The van der Waals surface area contributed by atoms with E-state index in [1.165, 1.54) is 0 Å². The largest absolute Gasteiger partial charge is 0.486 e. The number of rotatable bonds is 4. The molecular formula is C16H17N3O3. The van der Waals surface area contributed by atoms with Crippen molar-refractivity contribution in [3.8, 4) is 11.5 Å². The van der Waals surface area contributed by atoms with E-state index < -0.39 is 0 Å². The number of fused-ring (bicyclic) bond motifs is 1. The van der Waals surface area contributed by atoms with Crippen LogP contribution >= 0.6 is 0 Å². The van der Waals surface area contributed by atoms with Crippen LogP contribution in [0.5, 0.6) is 11.5 Å². The van der Waals surface area contributed by atoms with Gasteiger partial charge < -0.3 is 20.5 Å². The molecule has 1 amide bonds. The molecular weight excluding hydrogens is 282 g/mol. The highest BCUT2D eigenvalue weighted by atomic mass is 16.6. The van der Waals surface area contributed by atoms with Crippen molar-refractivity contribution in [2.24, 2.45) is 5.73 Å². The van der Waals surface area contributed by atoms with Crippen molar-refractivity contribution in [1.82, 2.24) is 10.3 Å². The monoisotopic (exact) mass is 299 g/mol. The van der Waals surface area contributed by atoms with Crippen LogP contribution in [-0.2, 0) is 13.1 Å². The van der Waals surface area contributed by atoms with Gasteiger partial charge in [0.15, 0.2) is 11.5 Å². The second kappa shape index (κ2) is 6.44. The van der Waals surface area contributed by atoms with E-state index in [2.05, 4.69) is 10.3 Å². The minimum Gasteiger partial charge on any atom is -0.486 e. The quantitative estimate of drug-likeness (QED) is 0.887. The summed E-state index contributed by atoms with van der Waals surface area (Å²) < 4.78 is 11.0. The van der Waals surface area contributed by atoms with Crippen LogP contribution < -0.4 is 20.5 Å². The third-order valence-corrected chi connectivity index (χ3v) is 3.35. The molecule has 0 fully saturated rings. The summed E-state index contributed by atoms with van der Waals surface area (Å²) in [6.45, 7) is 1.83. The summed E-state index contributed by atoms with van der Waals surface area (Å²) in [5.74, 6) is 1.29. The molecule has 0 radical (unpaired) electrons. The van der Waals surface area contributed by atoms with E-state index in [-0.39, 0.29) is 5.91 Å². The number of ether oxygens (including phenoxy) is 2. The number of nitrogens with two attached hydrogens (primary N) is 1. The van der Waals surface area contributed by atoms with E-state index in [0.717, 1.165) is 11.3 Å². The van der Waals surface area contributed by atoms with Gasteiger partial charge in [0, 0.05) is 24.8 Å². The molecule has 3 rings (SSSR count). The fourth-order valence-electron chi connectivity index (χ4n) is 2.21. The smallest absolute Gasteiger partial charge is 0.251 e. The first kappa shape index (κ1) is 14.3. The number of carbonyl (C=O) groups excluding carboxylic acids is 1. The molecule has 0 saturated heterocycles. The lowest BCUT2D eigenvalue weighted by atomic mass is 10.1. The molecule has 0 aliphatic carbocycles. The fourth-order valence-corrected chi connectivity index (χ4v) is 2.21. The molecule has 0 bridgehead atoms. The number of nitrogens with zero attached hydrogens (tertiary/aromatic N) is 1. The summed E-state index contributed by atoms with van der Waals surface area (Å²) in [7, 11) is 0. The molecule has 0 spiro atoms. The number of pyridine rings is 1. The van der Waals surface area contributed by atoms with Crippen LogP contribution in [0.15, 0.2) is 36.5 Å². The minimum absolute atomic E-state index is 0.160. The molecule has 1 aromatic carbocycles. The Morgan fingerprint density at radius 2 is 2.00 bits per heavy atom. The molecule has 2 heterocycles. The average Bonchev–Trinajstić information content (AvgIpc) is 2.59. The Hall–Kier alpha value is -2.60. The maximum absolute atomic E-state index is 12.1. The summed E-state index contributed by atoms with van der Waals surface area (Å²) in [4.78, 5) is 16.2. The first-order chi connectivity index (χ1) is 10.8. The highest BCUT2D eigenvalue weighted by molar-refractivity contribution is 5.94. The van der Waals surface area contributed by atoms with Gasteiger partial charge in [0.25, 0.3) is 5.91 Å². The van der Waals surface area contributed by atoms with E-state index in [0.29, 0.717) is 43.3 Å². The van der Waals surface area contributed by atoms with Crippen molar-refractivity contribution >= 4 is 5.91 Å². The Kier molecular flexibility index (Phi) is 4.20. The van der Waals surface area contributed by atoms with Gasteiger partial charge >= 0.3 is 0 Å². The van der Waals surface area contributed by atoms with E-state index in [9.17, 15) is 4.79 Å². The van der Waals surface area contributed by atoms with Crippen LogP contribution in [0.2, 0.25) is 0 Å². The normalized spacial score (nSPS) is 12.8. The average molecular weight is 299 g/mol. The van der Waals surface area contributed by atoms with Crippen LogP contribution in [0.3, 0.4) is 0 Å². The molecule has 1 aliphatic rings. The number of hydrogen-bond acceptors (Lipinski definition) is 5. The Bertz CT molecular complexity index is 688. The lowest BCUT2D eigenvalue weighted by Gasteiger charge is -2.19. The van der Waals surface area contributed by atoms with Crippen LogP contribution in [0, 0.1) is 0 Å². The summed E-state index contributed by atoms with van der Waals surface area (Å²) in [6, 6.07) is 9.00. The van der Waals surface area contributed by atoms with E-state index in [1.807, 2.05) is 18.2 Å². The fraction of sp³-hybridized carbons (Fsp3) is 0.250. The zero-order valence-electron chi connectivity index (χ0n) is 12.0. The van der Waals surface area contributed by atoms with Crippen LogP contribution in [0.25, 0.3) is 0 Å². The molecule has 6 nitrogen and oxygen atoms in total. The highest BCUT2D eigenvalue weighted by Crippen LogP contribution is 2.30. The van der Waals surface area contributed by atoms with Gasteiger partial charge in [-0.1, -0.05) is 6.07 Å². The number of aromatic nitrogens is 1. The van der Waals surface area contributed by atoms with E-state index in [4.69, 9.17) is 15.2 Å². The molecule has 3 N–H and O–H groups in total. The maximum Gasteiger partial charge on any atom is 0.251 e. The minimum atomic E-state index is -0.160. The van der Waals surface area contributed by atoms with E-state index >= 15 is 0 Å². The molecule has 114 valence electrons. The zero-order valence-corrected chi connectivity index (χ0v) is 12.0. The highest BCUT2D eigenvalue weighted by Gasteiger charge is 2.12. The standard InChI is InChI=1S/C16H17N3O3/c17-9-13-8-12(3-4-18-13)16(20)19-10-11-1-2-14-15(7-11)22-6-5-21-14/h1-4,7-8H,5-6,9-10,17H2,(H,19,20). The van der Waals surface area contributed by atoms with Gasteiger partial charge in [-0.3, -0.25) is 9.78 Å². The summed E-state index contributed by atoms with van der Waals surface area (Å²) in [5, 5.41) is 2.87. The van der Waals surface area contributed by atoms with Gasteiger partial charge in [-0.05, 0) is 29.8 Å². The molecule has 0 unspecified atom stereocenters. The molecule has 0 saturated carbocycles. The van der Waals surface area contributed by atoms with Crippen molar-refractivity contribution in [2.45, 2.75) is 13.1 Å². The topological polar surface area (TPSA) is 86.5 Å². The lowest BCUT2D eigenvalue weighted by molar-refractivity contribution is 0.0950. The molecule has 2 aromatic rings. The van der Waals surface area contributed by atoms with Gasteiger partial charge in [0.2, 0.25) is 0 Å². The first-order valence-electron chi connectivity index (χ1n) is 7.08. The second-order valence-corrected chi connectivity index (χ2v) is 4.90. The van der Waals surface area contributed by atoms with Gasteiger partial charge in [-0.25, -0.2) is 0 Å². The number of hydrogen-bond donors (Lipinski definition) is 2. The second-order valence-electron chi connectivity index (χ2n) is 4.90. The SMILES string of the molecule is NCc1cc(C(=O)NCc2ccc3c(c2)OCCO3)ccn1. The van der Waals surface area contributed by atoms with Gasteiger partial charge in [-0.2, -0.15) is 0 Å². The maximum atomic E-state index is 12.1. The Labute approximate surface area is 128 Å².